The summed E-state index contributed by atoms with van der Waals surface area (Å²) in [6.45, 7) is 4.48. The highest BCUT2D eigenvalue weighted by atomic mass is 16.4. The Hall–Kier alpha value is -1.39. The van der Waals surface area contributed by atoms with Gasteiger partial charge in [0.2, 0.25) is 0 Å². The van der Waals surface area contributed by atoms with Crippen molar-refractivity contribution in [3.63, 3.8) is 0 Å². The van der Waals surface area contributed by atoms with Crippen molar-refractivity contribution in [3.8, 4) is 0 Å². The third-order valence-corrected chi connectivity index (χ3v) is 3.72. The fourth-order valence-corrected chi connectivity index (χ4v) is 2.24. The van der Waals surface area contributed by atoms with Crippen molar-refractivity contribution in [2.75, 3.05) is 0 Å². The molecule has 0 amide bonds. The van der Waals surface area contributed by atoms with Crippen LogP contribution < -0.4 is 0 Å². The first-order chi connectivity index (χ1) is 7.50. The second-order valence-electron chi connectivity index (χ2n) is 5.19. The van der Waals surface area contributed by atoms with Crippen LogP contribution in [-0.4, -0.2) is 26.1 Å². The molecular weight excluding hydrogens is 206 g/mol. The van der Waals surface area contributed by atoms with E-state index in [9.17, 15) is 4.79 Å². The smallest absolute Gasteiger partial charge is 0.309 e. The average Bonchev–Trinajstić information content (AvgIpc) is 2.62. The van der Waals surface area contributed by atoms with E-state index in [-0.39, 0.29) is 0 Å². The number of rotatable bonds is 4. The molecule has 5 nitrogen and oxygen atoms in total. The first-order valence-electron chi connectivity index (χ1n) is 5.57. The predicted octanol–water partition coefficient (Wildman–Crippen LogP) is 1.42. The number of aliphatic carboxylic acids is 1. The van der Waals surface area contributed by atoms with Crippen LogP contribution in [0.5, 0.6) is 0 Å². The molecule has 1 N–H and O–H groups in total. The Morgan fingerprint density at radius 3 is 2.75 bits per heavy atom. The van der Waals surface area contributed by atoms with Crippen LogP contribution in [0.2, 0.25) is 0 Å². The van der Waals surface area contributed by atoms with E-state index >= 15 is 0 Å². The van der Waals surface area contributed by atoms with E-state index in [1.54, 1.807) is 6.20 Å². The molecule has 0 atom stereocenters. The zero-order valence-corrected chi connectivity index (χ0v) is 9.63. The van der Waals surface area contributed by atoms with Gasteiger partial charge in [-0.2, -0.15) is 0 Å². The van der Waals surface area contributed by atoms with Gasteiger partial charge in [-0.05, 0) is 38.5 Å². The summed E-state index contributed by atoms with van der Waals surface area (Å²) in [5.74, 6) is 0.139. The maximum Gasteiger partial charge on any atom is 0.309 e. The minimum Gasteiger partial charge on any atom is -0.481 e. The van der Waals surface area contributed by atoms with Gasteiger partial charge in [0.1, 0.15) is 0 Å². The SMILES string of the molecule is CC(C)(C(=O)O)C1CC(Cn2ccnn2)C1. The molecule has 1 fully saturated rings. The lowest BCUT2D eigenvalue weighted by atomic mass is 9.62. The van der Waals surface area contributed by atoms with Crippen molar-refractivity contribution in [2.45, 2.75) is 33.2 Å². The highest BCUT2D eigenvalue weighted by molar-refractivity contribution is 5.74. The van der Waals surface area contributed by atoms with Gasteiger partial charge >= 0.3 is 5.97 Å². The lowest BCUT2D eigenvalue weighted by Gasteiger charge is -2.43. The van der Waals surface area contributed by atoms with E-state index in [1.807, 2.05) is 24.7 Å². The summed E-state index contributed by atoms with van der Waals surface area (Å²) < 4.78 is 1.81. The van der Waals surface area contributed by atoms with Crippen LogP contribution in [-0.2, 0) is 11.3 Å². The summed E-state index contributed by atoms with van der Waals surface area (Å²) in [5.41, 5.74) is -0.598. The molecule has 2 rings (SSSR count). The third kappa shape index (κ3) is 1.94. The van der Waals surface area contributed by atoms with Crippen LogP contribution in [0.1, 0.15) is 26.7 Å². The van der Waals surface area contributed by atoms with Crippen LogP contribution in [0.4, 0.5) is 0 Å². The number of hydrogen-bond acceptors (Lipinski definition) is 3. The van der Waals surface area contributed by atoms with E-state index < -0.39 is 11.4 Å². The molecule has 0 radical (unpaired) electrons. The van der Waals surface area contributed by atoms with Gasteiger partial charge < -0.3 is 5.11 Å². The lowest BCUT2D eigenvalue weighted by Crippen LogP contribution is -2.42. The maximum absolute atomic E-state index is 11.1. The zero-order valence-electron chi connectivity index (χ0n) is 9.63. The molecule has 0 aliphatic heterocycles. The van der Waals surface area contributed by atoms with Crippen molar-refractivity contribution in [2.24, 2.45) is 17.3 Å². The van der Waals surface area contributed by atoms with E-state index in [2.05, 4.69) is 10.3 Å². The Morgan fingerprint density at radius 1 is 1.56 bits per heavy atom. The molecule has 1 heterocycles. The number of carboxylic acid groups (broad SMARTS) is 1. The topological polar surface area (TPSA) is 68.0 Å². The third-order valence-electron chi connectivity index (χ3n) is 3.72. The maximum atomic E-state index is 11.1. The lowest BCUT2D eigenvalue weighted by molar-refractivity contribution is -0.153. The van der Waals surface area contributed by atoms with Crippen LogP contribution in [0.25, 0.3) is 0 Å². The van der Waals surface area contributed by atoms with E-state index in [0.29, 0.717) is 11.8 Å². The molecule has 1 aromatic rings. The number of aromatic nitrogens is 3. The molecule has 0 aromatic carbocycles. The minimum absolute atomic E-state index is 0.290. The summed E-state index contributed by atoms with van der Waals surface area (Å²) in [4.78, 5) is 11.1. The fourth-order valence-electron chi connectivity index (χ4n) is 2.24. The van der Waals surface area contributed by atoms with Crippen molar-refractivity contribution in [1.29, 1.82) is 0 Å². The van der Waals surface area contributed by atoms with Crippen molar-refractivity contribution in [3.05, 3.63) is 12.4 Å². The predicted molar refractivity (Wildman–Crippen MR) is 57.7 cm³/mol. The van der Waals surface area contributed by atoms with Crippen LogP contribution in [0.15, 0.2) is 12.4 Å². The summed E-state index contributed by atoms with van der Waals surface area (Å²) >= 11 is 0. The molecular formula is C11H17N3O2. The van der Waals surface area contributed by atoms with Crippen molar-refractivity contribution in [1.82, 2.24) is 15.0 Å². The normalized spacial score (nSPS) is 25.1. The van der Waals surface area contributed by atoms with Gasteiger partial charge in [-0.15, -0.1) is 5.10 Å². The van der Waals surface area contributed by atoms with E-state index in [1.165, 1.54) is 0 Å². The van der Waals surface area contributed by atoms with Gasteiger partial charge in [0, 0.05) is 12.7 Å². The summed E-state index contributed by atoms with van der Waals surface area (Å²) in [6, 6.07) is 0. The fraction of sp³-hybridized carbons (Fsp3) is 0.727. The highest BCUT2D eigenvalue weighted by Crippen LogP contribution is 2.46. The largest absolute Gasteiger partial charge is 0.481 e. The first-order valence-corrected chi connectivity index (χ1v) is 5.57. The molecule has 1 aliphatic rings. The zero-order chi connectivity index (χ0) is 11.8. The molecule has 0 bridgehead atoms. The Bertz CT molecular complexity index is 367. The molecule has 16 heavy (non-hydrogen) atoms. The van der Waals surface area contributed by atoms with Gasteiger partial charge in [0.05, 0.1) is 11.6 Å². The van der Waals surface area contributed by atoms with Crippen molar-refractivity contribution < 1.29 is 9.90 Å². The second-order valence-corrected chi connectivity index (χ2v) is 5.19. The van der Waals surface area contributed by atoms with Gasteiger partial charge in [0.25, 0.3) is 0 Å². The Labute approximate surface area is 94.5 Å². The van der Waals surface area contributed by atoms with Crippen molar-refractivity contribution >= 4 is 5.97 Å². The molecule has 1 saturated carbocycles. The molecule has 88 valence electrons. The Balaban J connectivity index is 1.84. The average molecular weight is 223 g/mol. The molecule has 1 aliphatic carbocycles. The molecule has 0 saturated heterocycles. The van der Waals surface area contributed by atoms with Crippen LogP contribution in [0, 0.1) is 17.3 Å². The molecule has 5 heteroatoms. The van der Waals surface area contributed by atoms with Gasteiger partial charge in [-0.1, -0.05) is 5.21 Å². The van der Waals surface area contributed by atoms with Crippen LogP contribution >= 0.6 is 0 Å². The van der Waals surface area contributed by atoms with Gasteiger partial charge in [-0.3, -0.25) is 9.48 Å². The quantitative estimate of drug-likeness (QED) is 0.838. The molecule has 1 aromatic heterocycles. The Morgan fingerprint density at radius 2 is 2.25 bits per heavy atom. The standard InChI is InChI=1S/C11H17N3O2/c1-11(2,10(15)16)9-5-8(6-9)7-14-4-3-12-13-14/h3-4,8-9H,5-7H2,1-2H3,(H,15,16). The number of carbonyl (C=O) groups is 1. The first kappa shape index (κ1) is 11.1. The molecule has 0 spiro atoms. The van der Waals surface area contributed by atoms with E-state index in [4.69, 9.17) is 5.11 Å². The van der Waals surface area contributed by atoms with Gasteiger partial charge in [0.15, 0.2) is 0 Å². The second kappa shape index (κ2) is 3.88. The van der Waals surface area contributed by atoms with E-state index in [0.717, 1.165) is 19.4 Å². The molecule has 0 unspecified atom stereocenters. The number of nitrogens with zero attached hydrogens (tertiary/aromatic N) is 3. The van der Waals surface area contributed by atoms with Crippen LogP contribution in [0.3, 0.4) is 0 Å². The number of hydrogen-bond donors (Lipinski definition) is 1. The number of carboxylic acids is 1. The monoisotopic (exact) mass is 223 g/mol. The summed E-state index contributed by atoms with van der Waals surface area (Å²) in [5, 5.41) is 16.8. The Kier molecular flexibility index (Phi) is 2.69. The summed E-state index contributed by atoms with van der Waals surface area (Å²) in [7, 11) is 0. The highest BCUT2D eigenvalue weighted by Gasteiger charge is 2.44. The van der Waals surface area contributed by atoms with Gasteiger partial charge in [-0.25, -0.2) is 0 Å². The summed E-state index contributed by atoms with van der Waals surface area (Å²) in [6.07, 6.45) is 5.45. The minimum atomic E-state index is -0.697.